The maximum Gasteiger partial charge on any atom is 0.201 e. The van der Waals surface area contributed by atoms with Crippen molar-refractivity contribution in [3.63, 3.8) is 0 Å². The molecule has 1 saturated heterocycles. The lowest BCUT2D eigenvalue weighted by Crippen LogP contribution is -2.40. The Balaban J connectivity index is 1.97. The lowest BCUT2D eigenvalue weighted by atomic mass is 9.75. The highest BCUT2D eigenvalue weighted by Crippen LogP contribution is 2.36. The van der Waals surface area contributed by atoms with Crippen LogP contribution in [-0.2, 0) is 5.41 Å². The summed E-state index contributed by atoms with van der Waals surface area (Å²) in [6.07, 6.45) is 2.49. The van der Waals surface area contributed by atoms with Gasteiger partial charge in [-0.1, -0.05) is 19.9 Å². The van der Waals surface area contributed by atoms with Gasteiger partial charge in [-0.15, -0.1) is 0 Å². The lowest BCUT2D eigenvalue weighted by Gasteiger charge is -2.34. The minimum atomic E-state index is -0.0135. The van der Waals surface area contributed by atoms with E-state index < -0.39 is 0 Å². The maximum atomic E-state index is 6.03. The predicted octanol–water partition coefficient (Wildman–Crippen LogP) is 3.41. The topological polar surface area (TPSA) is 38.1 Å². The summed E-state index contributed by atoms with van der Waals surface area (Å²) in [5, 5.41) is 3.48. The zero-order valence-electron chi connectivity index (χ0n) is 12.0. The molecule has 1 aromatic heterocycles. The number of benzene rings is 1. The summed E-state index contributed by atoms with van der Waals surface area (Å²) in [5.74, 6) is 1.47. The van der Waals surface area contributed by atoms with Crippen molar-refractivity contribution in [3.05, 3.63) is 29.7 Å². The van der Waals surface area contributed by atoms with E-state index in [2.05, 4.69) is 38.2 Å². The molecule has 1 fully saturated rings. The second kappa shape index (κ2) is 4.64. The summed E-state index contributed by atoms with van der Waals surface area (Å²) < 4.78 is 6.03. The van der Waals surface area contributed by atoms with Crippen molar-refractivity contribution in [2.45, 2.75) is 39.0 Å². The molecule has 102 valence electrons. The van der Waals surface area contributed by atoms with Crippen LogP contribution in [0, 0.1) is 12.8 Å². The average molecular weight is 258 g/mol. The Kier molecular flexibility index (Phi) is 3.09. The van der Waals surface area contributed by atoms with Crippen LogP contribution in [0.15, 0.2) is 22.6 Å². The smallest absolute Gasteiger partial charge is 0.201 e. The van der Waals surface area contributed by atoms with E-state index in [1.807, 2.05) is 6.07 Å². The molecule has 1 N–H and O–H groups in total. The second-order valence-corrected chi connectivity index (χ2v) is 6.26. The van der Waals surface area contributed by atoms with E-state index in [0.717, 1.165) is 30.1 Å². The molecule has 0 amide bonds. The number of oxazole rings is 1. The maximum absolute atomic E-state index is 6.03. The molecule has 0 saturated carbocycles. The van der Waals surface area contributed by atoms with Crippen molar-refractivity contribution in [3.8, 4) is 0 Å². The Morgan fingerprint density at radius 3 is 2.95 bits per heavy atom. The van der Waals surface area contributed by atoms with Crippen LogP contribution in [0.25, 0.3) is 11.1 Å². The summed E-state index contributed by atoms with van der Waals surface area (Å²) in [4.78, 5) is 4.71. The van der Waals surface area contributed by atoms with Gasteiger partial charge in [0, 0.05) is 5.41 Å². The molecule has 1 aromatic carbocycles. The number of hydrogen-bond acceptors (Lipinski definition) is 3. The average Bonchev–Trinajstić information content (AvgIpc) is 2.83. The molecule has 1 aliphatic rings. The van der Waals surface area contributed by atoms with Crippen LogP contribution in [0.3, 0.4) is 0 Å². The minimum Gasteiger partial charge on any atom is -0.440 e. The molecule has 3 rings (SSSR count). The second-order valence-electron chi connectivity index (χ2n) is 6.26. The van der Waals surface area contributed by atoms with Crippen molar-refractivity contribution in [1.29, 1.82) is 0 Å². The summed E-state index contributed by atoms with van der Waals surface area (Å²) >= 11 is 0. The van der Waals surface area contributed by atoms with Crippen LogP contribution < -0.4 is 5.32 Å². The molecule has 2 aromatic rings. The normalized spacial score (nSPS) is 20.9. The Morgan fingerprint density at radius 1 is 1.37 bits per heavy atom. The van der Waals surface area contributed by atoms with E-state index in [1.165, 1.54) is 18.4 Å². The van der Waals surface area contributed by atoms with E-state index in [4.69, 9.17) is 9.40 Å². The first-order valence-corrected chi connectivity index (χ1v) is 7.16. The zero-order chi connectivity index (χ0) is 13.5. The molecule has 0 radical (unpaired) electrons. The van der Waals surface area contributed by atoms with Crippen LogP contribution in [0.1, 0.15) is 38.1 Å². The van der Waals surface area contributed by atoms with Gasteiger partial charge in [0.15, 0.2) is 5.58 Å². The molecule has 1 atom stereocenters. The third-order valence-electron chi connectivity index (χ3n) is 4.41. The van der Waals surface area contributed by atoms with Gasteiger partial charge in [0.05, 0.1) is 0 Å². The van der Waals surface area contributed by atoms with Gasteiger partial charge in [-0.05, 0) is 56.5 Å². The standard InChI is InChI=1S/C16H22N2O/c1-11-6-7-13-14(9-11)19-15(18-13)16(2,3)12-5-4-8-17-10-12/h6-7,9,12,17H,4-5,8,10H2,1-3H3. The van der Waals surface area contributed by atoms with Crippen LogP contribution in [0.5, 0.6) is 0 Å². The Hall–Kier alpha value is -1.35. The summed E-state index contributed by atoms with van der Waals surface area (Å²) in [6, 6.07) is 6.21. The number of hydrogen-bond donors (Lipinski definition) is 1. The Labute approximate surface area is 114 Å². The van der Waals surface area contributed by atoms with Gasteiger partial charge in [0.1, 0.15) is 5.52 Å². The number of fused-ring (bicyclic) bond motifs is 1. The summed E-state index contributed by atoms with van der Waals surface area (Å²) in [7, 11) is 0. The lowest BCUT2D eigenvalue weighted by molar-refractivity contribution is 0.215. The Morgan fingerprint density at radius 2 is 2.21 bits per heavy atom. The Bertz CT molecular complexity index is 579. The molecule has 0 spiro atoms. The quantitative estimate of drug-likeness (QED) is 0.897. The first-order chi connectivity index (χ1) is 9.07. The monoisotopic (exact) mass is 258 g/mol. The first kappa shape index (κ1) is 12.7. The molecule has 19 heavy (non-hydrogen) atoms. The van der Waals surface area contributed by atoms with Crippen LogP contribution in [0.2, 0.25) is 0 Å². The number of nitrogens with zero attached hydrogens (tertiary/aromatic N) is 1. The third kappa shape index (κ3) is 2.27. The number of piperidine rings is 1. The van der Waals surface area contributed by atoms with Crippen molar-refractivity contribution in [1.82, 2.24) is 10.3 Å². The van der Waals surface area contributed by atoms with Gasteiger partial charge in [0.25, 0.3) is 0 Å². The predicted molar refractivity (Wildman–Crippen MR) is 77.4 cm³/mol. The van der Waals surface area contributed by atoms with Crippen LogP contribution in [0.4, 0.5) is 0 Å². The van der Waals surface area contributed by atoms with E-state index >= 15 is 0 Å². The van der Waals surface area contributed by atoms with Crippen LogP contribution in [-0.4, -0.2) is 18.1 Å². The first-order valence-electron chi connectivity index (χ1n) is 7.16. The molecular formula is C16H22N2O. The molecule has 1 unspecified atom stereocenters. The largest absolute Gasteiger partial charge is 0.440 e. The molecule has 2 heterocycles. The number of nitrogens with one attached hydrogen (secondary N) is 1. The van der Waals surface area contributed by atoms with E-state index in [9.17, 15) is 0 Å². The highest BCUT2D eigenvalue weighted by Gasteiger charge is 2.36. The van der Waals surface area contributed by atoms with Gasteiger partial charge in [-0.2, -0.15) is 0 Å². The van der Waals surface area contributed by atoms with E-state index in [-0.39, 0.29) is 5.41 Å². The third-order valence-corrected chi connectivity index (χ3v) is 4.41. The SMILES string of the molecule is Cc1ccc2nc(C(C)(C)C3CCCNC3)oc2c1. The molecule has 3 heteroatoms. The molecule has 1 aliphatic heterocycles. The highest BCUT2D eigenvalue weighted by atomic mass is 16.3. The molecule has 0 bridgehead atoms. The van der Waals surface area contributed by atoms with Crippen molar-refractivity contribution in [2.75, 3.05) is 13.1 Å². The number of aryl methyl sites for hydroxylation is 1. The van der Waals surface area contributed by atoms with Crippen molar-refractivity contribution >= 4 is 11.1 Å². The fourth-order valence-electron chi connectivity index (χ4n) is 2.95. The molecular weight excluding hydrogens is 236 g/mol. The number of rotatable bonds is 2. The van der Waals surface area contributed by atoms with Gasteiger partial charge < -0.3 is 9.73 Å². The zero-order valence-corrected chi connectivity index (χ0v) is 12.0. The minimum absolute atomic E-state index is 0.0135. The fraction of sp³-hybridized carbons (Fsp3) is 0.562. The van der Waals surface area contributed by atoms with E-state index in [1.54, 1.807) is 0 Å². The molecule has 0 aliphatic carbocycles. The van der Waals surface area contributed by atoms with Crippen molar-refractivity contribution in [2.24, 2.45) is 5.92 Å². The summed E-state index contributed by atoms with van der Waals surface area (Å²) in [5.41, 5.74) is 3.08. The van der Waals surface area contributed by atoms with Gasteiger partial charge in [0.2, 0.25) is 5.89 Å². The van der Waals surface area contributed by atoms with Gasteiger partial charge >= 0.3 is 0 Å². The fourth-order valence-corrected chi connectivity index (χ4v) is 2.95. The summed E-state index contributed by atoms with van der Waals surface area (Å²) in [6.45, 7) is 8.78. The van der Waals surface area contributed by atoms with Gasteiger partial charge in [-0.25, -0.2) is 4.98 Å². The van der Waals surface area contributed by atoms with Gasteiger partial charge in [-0.3, -0.25) is 0 Å². The molecule has 3 nitrogen and oxygen atoms in total. The van der Waals surface area contributed by atoms with E-state index in [0.29, 0.717) is 5.92 Å². The van der Waals surface area contributed by atoms with Crippen molar-refractivity contribution < 1.29 is 4.42 Å². The number of aromatic nitrogens is 1. The van der Waals surface area contributed by atoms with Crippen LogP contribution >= 0.6 is 0 Å². The highest BCUT2D eigenvalue weighted by molar-refractivity contribution is 5.73.